The lowest BCUT2D eigenvalue weighted by molar-refractivity contribution is 0.372. The van der Waals surface area contributed by atoms with E-state index < -0.39 is 172 Å². The first kappa shape index (κ1) is 40.8. The molecule has 0 aliphatic rings. The fourth-order valence-electron chi connectivity index (χ4n) is 4.58. The Kier molecular flexibility index (Phi) is 11.6. The minimum Gasteiger partial charge on any atom is -0.538 e. The Hall–Kier alpha value is -3.94. The largest absolute Gasteiger partial charge is 0.646 e. The van der Waals surface area contributed by atoms with E-state index in [-0.39, 0.29) is 0 Å². The van der Waals surface area contributed by atoms with Crippen LogP contribution in [0.5, 0.6) is 0 Å². The molecule has 0 aliphatic heterocycles. The second-order valence-corrected chi connectivity index (χ2v) is 13.2. The van der Waals surface area contributed by atoms with Gasteiger partial charge < -0.3 is 7.41 Å². The van der Waals surface area contributed by atoms with Gasteiger partial charge in [-0.25, -0.2) is 87.8 Å². The van der Waals surface area contributed by atoms with Gasteiger partial charge in [-0.15, -0.1) is 0 Å². The molecule has 0 amide bonds. The summed E-state index contributed by atoms with van der Waals surface area (Å²) in [6.45, 7) is -6.17. The monoisotopic (exact) mass is 792 g/mol. The van der Waals surface area contributed by atoms with Crippen molar-refractivity contribution in [2.24, 2.45) is 0 Å². The van der Waals surface area contributed by atoms with E-state index in [9.17, 15) is 52.7 Å². The minimum absolute atomic E-state index is 0.735. The number of benzene rings is 4. The van der Waals surface area contributed by atoms with E-state index in [4.69, 9.17) is 7.41 Å². The molecule has 0 aromatic heterocycles. The molecule has 4 aromatic carbocycles. The zero-order chi connectivity index (χ0) is 39.6. The maximum absolute atomic E-state index is 15.0. The van der Waals surface area contributed by atoms with E-state index in [0.29, 0.717) is 0 Å². The normalized spacial score (nSPS) is 11.6. The van der Waals surface area contributed by atoms with E-state index in [2.05, 4.69) is 0 Å². The molecule has 0 heterocycles. The minimum atomic E-state index is -5.13. The molecule has 4 rings (SSSR count). The summed E-state index contributed by atoms with van der Waals surface area (Å²) < 4.78 is 298. The van der Waals surface area contributed by atoms with Crippen molar-refractivity contribution in [1.82, 2.24) is 0 Å². The van der Waals surface area contributed by atoms with Crippen LogP contribution in [0.25, 0.3) is 0 Å². The molecule has 0 N–H and O–H groups in total. The van der Waals surface area contributed by atoms with Crippen LogP contribution < -0.4 is 21.9 Å². The van der Waals surface area contributed by atoms with Crippen molar-refractivity contribution >= 4 is 50.5 Å². The Morgan fingerprint density at radius 2 is 0.423 bits per heavy atom. The molecule has 0 unspecified atom stereocenters. The third-order valence-electron chi connectivity index (χ3n) is 7.11. The highest BCUT2D eigenvalue weighted by Gasteiger charge is 2.49. The van der Waals surface area contributed by atoms with Gasteiger partial charge in [0.1, 0.15) is 0 Å². The maximum Gasteiger partial charge on any atom is 0.646 e. The summed E-state index contributed by atoms with van der Waals surface area (Å²) >= 11 is -5.13. The molecule has 25 heteroatoms. The molecule has 276 valence electrons. The van der Waals surface area contributed by atoms with Crippen LogP contribution >= 0.6 is 0 Å². The summed E-state index contributed by atoms with van der Waals surface area (Å²) in [5.74, 6) is -60.3. The molecular weight excluding hydrogens is 785 g/mol. The Balaban J connectivity index is 2.11. The second kappa shape index (κ2) is 14.8. The van der Waals surface area contributed by atoms with Crippen molar-refractivity contribution in [3.8, 4) is 0 Å². The number of hydrogen-bond acceptors (Lipinski definition) is 2. The van der Waals surface area contributed by atoms with E-state index >= 15 is 35.1 Å². The smallest absolute Gasteiger partial charge is 0.538 e. The summed E-state index contributed by atoms with van der Waals surface area (Å²) in [5, 5.41) is 0. The first-order valence-electron chi connectivity index (χ1n) is 13.4. The maximum atomic E-state index is 15.0. The van der Waals surface area contributed by atoms with Crippen molar-refractivity contribution in [3.63, 3.8) is 0 Å². The lowest BCUT2D eigenvalue weighted by atomic mass is 9.54. The number of rotatable bonds is 9. The highest BCUT2D eigenvalue weighted by atomic mass is 27.2. The Bertz CT molecular complexity index is 1730. The number of halogens is 20. The summed E-state index contributed by atoms with van der Waals surface area (Å²) in [4.78, 5) is 0. The lowest BCUT2D eigenvalue weighted by Gasteiger charge is -2.28. The van der Waals surface area contributed by atoms with Crippen LogP contribution in [0.3, 0.4) is 0 Å². The standard InChI is InChI=1S/2C12BF10O.C3H7.Al/c2*14-3-1(4(15)8(19)11(22)7(3)18)13(24)2-5(16)9(20)12(23)10(21)6(2)17;1-3-2;/h;;3H,1-2H3;/q2*-1;;+2. The Morgan fingerprint density at radius 3 is 0.558 bits per heavy atom. The van der Waals surface area contributed by atoms with Crippen LogP contribution in [0.4, 0.5) is 87.8 Å². The molecule has 0 saturated carbocycles. The molecule has 0 radical (unpaired) electrons. The van der Waals surface area contributed by atoms with Gasteiger partial charge in [0, 0.05) is 21.9 Å². The summed E-state index contributed by atoms with van der Waals surface area (Å²) in [6.07, 6.45) is 0. The Morgan fingerprint density at radius 1 is 0.288 bits per heavy atom. The number of hydrogen-bond donors (Lipinski definition) is 0. The van der Waals surface area contributed by atoms with Gasteiger partial charge in [-0.2, -0.15) is 0 Å². The molecule has 0 saturated heterocycles. The average Bonchev–Trinajstić information content (AvgIpc) is 3.10. The van der Waals surface area contributed by atoms with Gasteiger partial charge in [0.2, 0.25) is 0 Å². The predicted octanol–water partition coefficient (Wildman–Crippen LogP) is 6.31. The van der Waals surface area contributed by atoms with E-state index in [1.807, 2.05) is 0 Å². The van der Waals surface area contributed by atoms with Gasteiger partial charge in [-0.1, -0.05) is 13.8 Å². The third-order valence-corrected chi connectivity index (χ3v) is 9.28. The predicted molar refractivity (Wildman–Crippen MR) is 138 cm³/mol. The molecule has 0 fully saturated rings. The molecule has 52 heavy (non-hydrogen) atoms. The van der Waals surface area contributed by atoms with Crippen LogP contribution in [0.1, 0.15) is 13.8 Å². The quantitative estimate of drug-likeness (QED) is 0.0858. The highest BCUT2D eigenvalue weighted by molar-refractivity contribution is 6.88. The molecule has 0 spiro atoms. The highest BCUT2D eigenvalue weighted by Crippen LogP contribution is 2.26. The van der Waals surface area contributed by atoms with Gasteiger partial charge in [0.15, 0.2) is 116 Å². The zero-order valence-electron chi connectivity index (χ0n) is 24.7. The van der Waals surface area contributed by atoms with Gasteiger partial charge in [-0.3, -0.25) is 0 Å². The summed E-state index contributed by atoms with van der Waals surface area (Å²) in [7, 11) is 0. The SMILES string of the molecule is C[CH](C)[Al]([O]B(c1c(F)c(F)c(F)c(F)c1F)c1c(F)c(F)c(F)c(F)c1F)[O]B(c1c(F)c(F)c(F)c(F)c1F)c1c(F)c(F)c(F)c(F)c1F. The molecular formula is C27H7AlB2F20O2. The topological polar surface area (TPSA) is 18.5 Å². The summed E-state index contributed by atoms with van der Waals surface area (Å²) in [6, 6.07) is 0. The van der Waals surface area contributed by atoms with Gasteiger partial charge in [-0.05, 0) is 4.78 Å². The molecule has 0 aliphatic carbocycles. The Labute approximate surface area is 280 Å². The lowest BCUT2D eigenvalue weighted by Crippen LogP contribution is -2.60. The molecule has 0 atom stereocenters. The first-order chi connectivity index (χ1) is 24.0. The van der Waals surface area contributed by atoms with E-state index in [1.54, 1.807) is 0 Å². The van der Waals surface area contributed by atoms with E-state index in [0.717, 1.165) is 13.8 Å². The molecule has 2 nitrogen and oxygen atoms in total. The summed E-state index contributed by atoms with van der Waals surface area (Å²) in [5.41, 5.74) is -10.3. The van der Waals surface area contributed by atoms with Crippen LogP contribution in [-0.2, 0) is 7.41 Å². The van der Waals surface area contributed by atoms with Crippen molar-refractivity contribution in [2.75, 3.05) is 0 Å². The molecule has 0 bridgehead atoms. The fraction of sp³-hybridized carbons (Fsp3) is 0.111. The average molecular weight is 792 g/mol. The van der Waals surface area contributed by atoms with Crippen molar-refractivity contribution in [2.45, 2.75) is 18.6 Å². The fourth-order valence-corrected chi connectivity index (χ4v) is 6.36. The van der Waals surface area contributed by atoms with Gasteiger partial charge >= 0.3 is 28.6 Å². The van der Waals surface area contributed by atoms with Crippen LogP contribution in [-0.4, -0.2) is 28.6 Å². The van der Waals surface area contributed by atoms with E-state index in [1.165, 1.54) is 0 Å². The van der Waals surface area contributed by atoms with Crippen LogP contribution in [0.2, 0.25) is 4.78 Å². The van der Waals surface area contributed by atoms with Crippen molar-refractivity contribution < 1.29 is 95.2 Å². The molecule has 4 aromatic rings. The van der Waals surface area contributed by atoms with Crippen molar-refractivity contribution in [1.29, 1.82) is 0 Å². The van der Waals surface area contributed by atoms with Crippen molar-refractivity contribution in [3.05, 3.63) is 116 Å². The van der Waals surface area contributed by atoms with Crippen LogP contribution in [0, 0.1) is 116 Å². The second-order valence-electron chi connectivity index (χ2n) is 10.6. The zero-order valence-corrected chi connectivity index (χ0v) is 25.8. The third kappa shape index (κ3) is 6.49. The van der Waals surface area contributed by atoms with Gasteiger partial charge in [0.05, 0.1) is 0 Å². The van der Waals surface area contributed by atoms with Crippen LogP contribution in [0.15, 0.2) is 0 Å². The first-order valence-corrected chi connectivity index (χ1v) is 15.0. The van der Waals surface area contributed by atoms with Gasteiger partial charge in [0.25, 0.3) is 0 Å².